The lowest BCUT2D eigenvalue weighted by Crippen LogP contribution is -2.37. The molecule has 2 aromatic carbocycles. The molecule has 3 rings (SSSR count). The van der Waals surface area contributed by atoms with E-state index < -0.39 is 20.0 Å². The fraction of sp³-hybridized carbons (Fsp3) is 0.350. The van der Waals surface area contributed by atoms with Gasteiger partial charge in [-0.2, -0.15) is 0 Å². The van der Waals surface area contributed by atoms with Crippen LogP contribution in [0.2, 0.25) is 0 Å². The molecular weight excluding hydrogens is 438 g/mol. The summed E-state index contributed by atoms with van der Waals surface area (Å²) in [6.07, 6.45) is 1.12. The maximum Gasteiger partial charge on any atom is 0.238 e. The third-order valence-electron chi connectivity index (χ3n) is 5.16. The van der Waals surface area contributed by atoms with Crippen molar-refractivity contribution >= 4 is 36.8 Å². The number of nitrogens with two attached hydrogens (primary N) is 1. The van der Waals surface area contributed by atoms with Gasteiger partial charge in [-0.3, -0.25) is 9.21 Å². The van der Waals surface area contributed by atoms with Gasteiger partial charge in [0, 0.05) is 20.1 Å². The zero-order valence-corrected chi connectivity index (χ0v) is 19.6. The predicted molar refractivity (Wildman–Crippen MR) is 122 cm³/mol. The molecule has 0 saturated carbocycles. The Balaban J connectivity index is 1.75. The van der Waals surface area contributed by atoms with Crippen molar-refractivity contribution in [2.75, 3.05) is 30.7 Å². The minimum atomic E-state index is -3.84. The average Bonchev–Trinajstić information content (AvgIpc) is 2.98. The summed E-state index contributed by atoms with van der Waals surface area (Å²) in [5.41, 5.74) is 3.49. The Bertz CT molecular complexity index is 1300. The summed E-state index contributed by atoms with van der Waals surface area (Å²) in [4.78, 5) is 6.66. The number of aromatic nitrogens is 2. The molecule has 0 aliphatic carbocycles. The van der Waals surface area contributed by atoms with Crippen molar-refractivity contribution in [1.82, 2.24) is 14.5 Å². The summed E-state index contributed by atoms with van der Waals surface area (Å²) in [5, 5.41) is 5.12. The molecule has 0 amide bonds. The lowest BCUT2D eigenvalue weighted by Gasteiger charge is -2.25. The van der Waals surface area contributed by atoms with Gasteiger partial charge < -0.3 is 4.57 Å². The second-order valence-corrected chi connectivity index (χ2v) is 11.1. The molecule has 1 aromatic heterocycles. The molecule has 0 bridgehead atoms. The van der Waals surface area contributed by atoms with Crippen LogP contribution in [0, 0.1) is 6.92 Å². The first-order chi connectivity index (χ1) is 14.4. The Hall–Kier alpha value is -2.47. The number of benzene rings is 2. The van der Waals surface area contributed by atoms with Crippen LogP contribution in [0.4, 0.5) is 5.69 Å². The molecule has 9 nitrogen and oxygen atoms in total. The number of likely N-dealkylation sites (N-methyl/N-ethyl adjacent to an activating group) is 1. The number of para-hydroxylation sites is 1. The molecule has 0 atom stereocenters. The predicted octanol–water partition coefficient (Wildman–Crippen LogP) is 1.43. The highest BCUT2D eigenvalue weighted by atomic mass is 32.2. The van der Waals surface area contributed by atoms with Gasteiger partial charge in [-0.15, -0.1) is 0 Å². The highest BCUT2D eigenvalue weighted by Gasteiger charge is 2.19. The fourth-order valence-corrected chi connectivity index (χ4v) is 4.85. The molecule has 0 aliphatic heterocycles. The highest BCUT2D eigenvalue weighted by molar-refractivity contribution is 7.92. The van der Waals surface area contributed by atoms with Crippen molar-refractivity contribution in [1.29, 1.82) is 0 Å². The van der Waals surface area contributed by atoms with E-state index in [4.69, 9.17) is 10.1 Å². The van der Waals surface area contributed by atoms with E-state index in [2.05, 4.69) is 0 Å². The van der Waals surface area contributed by atoms with E-state index >= 15 is 0 Å². The average molecular weight is 466 g/mol. The summed E-state index contributed by atoms with van der Waals surface area (Å²) < 4.78 is 50.9. The van der Waals surface area contributed by atoms with Gasteiger partial charge in [0.25, 0.3) is 0 Å². The molecule has 3 aromatic rings. The van der Waals surface area contributed by atoms with Crippen LogP contribution in [0.1, 0.15) is 11.4 Å². The summed E-state index contributed by atoms with van der Waals surface area (Å²) in [6, 6.07) is 11.5. The standard InChI is InChI=1S/C20H27N5O4S2/c1-15-6-5-7-18-20(15)22-19(24(18)3)14-23(2)12-13-25(30(4,26)27)16-8-10-17(11-9-16)31(21,28)29/h5-11H,12-14H2,1-4H3,(H2,21,28,29). The van der Waals surface area contributed by atoms with Crippen LogP contribution in [0.15, 0.2) is 47.4 Å². The monoisotopic (exact) mass is 465 g/mol. The van der Waals surface area contributed by atoms with E-state index in [-0.39, 0.29) is 11.4 Å². The normalized spacial score (nSPS) is 12.6. The molecule has 1 heterocycles. The van der Waals surface area contributed by atoms with E-state index in [1.54, 1.807) is 0 Å². The Morgan fingerprint density at radius 1 is 1.03 bits per heavy atom. The van der Waals surface area contributed by atoms with Gasteiger partial charge >= 0.3 is 0 Å². The molecule has 0 saturated heterocycles. The smallest absolute Gasteiger partial charge is 0.238 e. The number of aryl methyl sites for hydroxylation is 2. The Morgan fingerprint density at radius 3 is 2.23 bits per heavy atom. The number of nitrogens with zero attached hydrogens (tertiary/aromatic N) is 4. The van der Waals surface area contributed by atoms with Gasteiger partial charge in [-0.05, 0) is 49.9 Å². The molecule has 11 heteroatoms. The van der Waals surface area contributed by atoms with Gasteiger partial charge in [0.1, 0.15) is 5.82 Å². The van der Waals surface area contributed by atoms with Gasteiger partial charge in [-0.25, -0.2) is 27.0 Å². The first kappa shape index (κ1) is 23.2. The van der Waals surface area contributed by atoms with Crippen molar-refractivity contribution in [3.63, 3.8) is 0 Å². The third kappa shape index (κ3) is 5.24. The largest absolute Gasteiger partial charge is 0.330 e. The zero-order valence-electron chi connectivity index (χ0n) is 18.0. The van der Waals surface area contributed by atoms with Gasteiger partial charge in [0.05, 0.1) is 34.4 Å². The van der Waals surface area contributed by atoms with Crippen molar-refractivity contribution in [2.45, 2.75) is 18.4 Å². The summed E-state index contributed by atoms with van der Waals surface area (Å²) >= 11 is 0. The minimum absolute atomic E-state index is 0.0704. The molecule has 2 N–H and O–H groups in total. The molecule has 0 radical (unpaired) electrons. The van der Waals surface area contributed by atoms with E-state index in [0.29, 0.717) is 18.8 Å². The number of primary sulfonamides is 1. The van der Waals surface area contributed by atoms with Gasteiger partial charge in [0.15, 0.2) is 0 Å². The van der Waals surface area contributed by atoms with E-state index in [1.807, 2.05) is 48.7 Å². The van der Waals surface area contributed by atoms with Crippen molar-refractivity contribution in [2.24, 2.45) is 12.2 Å². The molecule has 0 spiro atoms. The fourth-order valence-electron chi connectivity index (χ4n) is 3.41. The Kier molecular flexibility index (Phi) is 6.42. The second-order valence-electron chi connectivity index (χ2n) is 7.64. The first-order valence-corrected chi connectivity index (χ1v) is 13.0. The van der Waals surface area contributed by atoms with Gasteiger partial charge in [0.2, 0.25) is 20.0 Å². The number of hydrogen-bond donors (Lipinski definition) is 1. The van der Waals surface area contributed by atoms with Crippen molar-refractivity contribution < 1.29 is 16.8 Å². The number of rotatable bonds is 8. The molecule has 0 fully saturated rings. The number of sulfonamides is 2. The minimum Gasteiger partial charge on any atom is -0.330 e. The van der Waals surface area contributed by atoms with Crippen molar-refractivity contribution in [3.8, 4) is 0 Å². The molecule has 0 aliphatic rings. The summed E-state index contributed by atoms with van der Waals surface area (Å²) in [6.45, 7) is 3.22. The quantitative estimate of drug-likeness (QED) is 0.538. The van der Waals surface area contributed by atoms with Crippen molar-refractivity contribution in [3.05, 3.63) is 53.9 Å². The van der Waals surface area contributed by atoms with Crippen LogP contribution in [-0.2, 0) is 33.6 Å². The van der Waals surface area contributed by atoms with E-state index in [0.717, 1.165) is 28.7 Å². The Morgan fingerprint density at radius 2 is 1.68 bits per heavy atom. The lowest BCUT2D eigenvalue weighted by atomic mass is 10.2. The van der Waals surface area contributed by atoms with Crippen LogP contribution in [0.25, 0.3) is 11.0 Å². The van der Waals surface area contributed by atoms with E-state index in [9.17, 15) is 16.8 Å². The maximum absolute atomic E-state index is 12.3. The molecular formula is C20H27N5O4S2. The number of imidazole rings is 1. The van der Waals surface area contributed by atoms with Crippen LogP contribution >= 0.6 is 0 Å². The van der Waals surface area contributed by atoms with Crippen LogP contribution < -0.4 is 9.44 Å². The zero-order chi connectivity index (χ0) is 23.0. The summed E-state index contributed by atoms with van der Waals surface area (Å²) in [7, 11) is -3.54. The molecule has 168 valence electrons. The number of anilines is 1. The highest BCUT2D eigenvalue weighted by Crippen LogP contribution is 2.21. The lowest BCUT2D eigenvalue weighted by molar-refractivity contribution is 0.324. The van der Waals surface area contributed by atoms with Gasteiger partial charge in [-0.1, -0.05) is 12.1 Å². The van der Waals surface area contributed by atoms with Crippen LogP contribution in [0.5, 0.6) is 0 Å². The molecule has 0 unspecified atom stereocenters. The number of fused-ring (bicyclic) bond motifs is 1. The molecule has 31 heavy (non-hydrogen) atoms. The number of hydrogen-bond acceptors (Lipinski definition) is 6. The maximum atomic E-state index is 12.3. The SMILES string of the molecule is Cc1cccc2c1nc(CN(C)CCN(c1ccc(S(N)(=O)=O)cc1)S(C)(=O)=O)n2C. The first-order valence-electron chi connectivity index (χ1n) is 9.58. The second kappa shape index (κ2) is 8.58. The summed E-state index contributed by atoms with van der Waals surface area (Å²) in [5.74, 6) is 0.884. The van der Waals surface area contributed by atoms with Crippen LogP contribution in [0.3, 0.4) is 0 Å². The topological polar surface area (TPSA) is 119 Å². The third-order valence-corrected chi connectivity index (χ3v) is 7.28. The Labute approximate surface area is 183 Å². The van der Waals surface area contributed by atoms with Crippen LogP contribution in [-0.4, -0.2) is 57.7 Å². The van der Waals surface area contributed by atoms with E-state index in [1.165, 1.54) is 28.6 Å².